The number of hydrogen-bond donors (Lipinski definition) is 0. The number of carbonyl (C=O) groups excluding carboxylic acids is 1. The van der Waals surface area contributed by atoms with Crippen molar-refractivity contribution < 1.29 is 4.79 Å². The number of aromatic nitrogens is 6. The maximum absolute atomic E-state index is 13.1. The van der Waals surface area contributed by atoms with Crippen molar-refractivity contribution in [2.24, 2.45) is 0 Å². The molecule has 3 aromatic rings. The number of fused-ring (bicyclic) bond motifs is 2. The van der Waals surface area contributed by atoms with Crippen molar-refractivity contribution >= 4 is 5.91 Å². The van der Waals surface area contributed by atoms with Gasteiger partial charge in [0.05, 0.1) is 12.6 Å². The molecule has 2 aromatic heterocycles. The number of rotatable bonds is 2. The van der Waals surface area contributed by atoms with E-state index >= 15 is 0 Å². The van der Waals surface area contributed by atoms with E-state index < -0.39 is 0 Å². The molecule has 4 heterocycles. The summed E-state index contributed by atoms with van der Waals surface area (Å²) in [7, 11) is 0. The quantitative estimate of drug-likeness (QED) is 0.696. The first kappa shape index (κ1) is 16.2. The van der Waals surface area contributed by atoms with Gasteiger partial charge in [-0.05, 0) is 19.8 Å². The Hall–Kier alpha value is -3.03. The number of benzene rings is 1. The van der Waals surface area contributed by atoms with Crippen LogP contribution in [-0.2, 0) is 19.5 Å². The number of hydrogen-bond acceptors (Lipinski definition) is 5. The van der Waals surface area contributed by atoms with Gasteiger partial charge >= 0.3 is 0 Å². The Balaban J connectivity index is 1.45. The summed E-state index contributed by atoms with van der Waals surface area (Å²) >= 11 is 0. The standard InChI is InChI=1S/C19H21N7O/c1-13-11-24(19(27)18-23-20-15-9-5-6-10-25(15)18)12-16-21-22-17(26(13)16)14-7-3-2-4-8-14/h2-4,7-8,13H,5-6,9-12H2,1H3/t13-/m0/s1. The number of nitrogens with zero attached hydrogens (tertiary/aromatic N) is 7. The highest BCUT2D eigenvalue weighted by Gasteiger charge is 2.32. The van der Waals surface area contributed by atoms with Gasteiger partial charge in [-0.2, -0.15) is 0 Å². The molecule has 5 rings (SSSR count). The Morgan fingerprint density at radius 3 is 2.70 bits per heavy atom. The van der Waals surface area contributed by atoms with E-state index in [4.69, 9.17) is 0 Å². The molecular weight excluding hydrogens is 342 g/mol. The van der Waals surface area contributed by atoms with Gasteiger partial charge in [0.2, 0.25) is 5.82 Å². The average molecular weight is 363 g/mol. The molecule has 0 bridgehead atoms. The molecule has 138 valence electrons. The maximum atomic E-state index is 13.1. The van der Waals surface area contributed by atoms with Gasteiger partial charge in [0.15, 0.2) is 11.6 Å². The zero-order chi connectivity index (χ0) is 18.4. The molecule has 0 saturated carbocycles. The lowest BCUT2D eigenvalue weighted by molar-refractivity contribution is 0.0663. The molecule has 1 aromatic carbocycles. The fourth-order valence-electron chi connectivity index (χ4n) is 4.08. The highest BCUT2D eigenvalue weighted by Crippen LogP contribution is 2.28. The van der Waals surface area contributed by atoms with Gasteiger partial charge in [0, 0.05) is 25.1 Å². The smallest absolute Gasteiger partial charge is 0.292 e. The molecule has 0 saturated heterocycles. The molecule has 8 nitrogen and oxygen atoms in total. The fourth-order valence-corrected chi connectivity index (χ4v) is 4.08. The van der Waals surface area contributed by atoms with E-state index in [1.807, 2.05) is 39.8 Å². The first-order valence-corrected chi connectivity index (χ1v) is 9.43. The molecule has 1 atom stereocenters. The van der Waals surface area contributed by atoms with E-state index in [-0.39, 0.29) is 11.9 Å². The number of carbonyl (C=O) groups is 1. The zero-order valence-corrected chi connectivity index (χ0v) is 15.2. The van der Waals surface area contributed by atoms with Crippen LogP contribution in [0.4, 0.5) is 0 Å². The first-order chi connectivity index (χ1) is 13.2. The molecular formula is C19H21N7O. The van der Waals surface area contributed by atoms with Gasteiger partial charge in [-0.15, -0.1) is 20.4 Å². The van der Waals surface area contributed by atoms with E-state index in [9.17, 15) is 4.79 Å². The summed E-state index contributed by atoms with van der Waals surface area (Å²) in [4.78, 5) is 14.9. The summed E-state index contributed by atoms with van der Waals surface area (Å²) in [5, 5.41) is 17.1. The largest absolute Gasteiger partial charge is 0.326 e. The molecule has 2 aliphatic rings. The minimum Gasteiger partial charge on any atom is -0.326 e. The molecule has 0 fully saturated rings. The molecule has 2 aliphatic heterocycles. The molecule has 0 spiro atoms. The third kappa shape index (κ3) is 2.63. The van der Waals surface area contributed by atoms with Crippen molar-refractivity contribution in [1.82, 2.24) is 34.4 Å². The predicted molar refractivity (Wildman–Crippen MR) is 97.9 cm³/mol. The van der Waals surface area contributed by atoms with Crippen molar-refractivity contribution in [1.29, 1.82) is 0 Å². The summed E-state index contributed by atoms with van der Waals surface area (Å²) in [6.45, 7) is 3.95. The number of aryl methyl sites for hydroxylation is 1. The Morgan fingerprint density at radius 1 is 1.04 bits per heavy atom. The minimum absolute atomic E-state index is 0.0713. The van der Waals surface area contributed by atoms with E-state index in [1.54, 1.807) is 0 Å². The van der Waals surface area contributed by atoms with Gasteiger partial charge in [0.25, 0.3) is 5.91 Å². The van der Waals surface area contributed by atoms with Gasteiger partial charge in [-0.1, -0.05) is 30.3 Å². The Morgan fingerprint density at radius 2 is 1.85 bits per heavy atom. The van der Waals surface area contributed by atoms with Crippen LogP contribution >= 0.6 is 0 Å². The lowest BCUT2D eigenvalue weighted by atomic mass is 10.1. The average Bonchev–Trinajstić information content (AvgIpc) is 3.33. The topological polar surface area (TPSA) is 81.7 Å². The van der Waals surface area contributed by atoms with Crippen LogP contribution in [-0.4, -0.2) is 46.9 Å². The molecule has 1 amide bonds. The van der Waals surface area contributed by atoms with Gasteiger partial charge in [-0.25, -0.2) is 0 Å². The molecule has 27 heavy (non-hydrogen) atoms. The predicted octanol–water partition coefficient (Wildman–Crippen LogP) is 2.09. The van der Waals surface area contributed by atoms with Crippen LogP contribution in [0, 0.1) is 0 Å². The van der Waals surface area contributed by atoms with Gasteiger partial charge < -0.3 is 14.0 Å². The van der Waals surface area contributed by atoms with Crippen LogP contribution in [0.15, 0.2) is 30.3 Å². The van der Waals surface area contributed by atoms with Crippen LogP contribution in [0.3, 0.4) is 0 Å². The first-order valence-electron chi connectivity index (χ1n) is 9.43. The molecule has 0 unspecified atom stereocenters. The molecule has 0 N–H and O–H groups in total. The summed E-state index contributed by atoms with van der Waals surface area (Å²) in [5.41, 5.74) is 1.04. The summed E-state index contributed by atoms with van der Waals surface area (Å²) < 4.78 is 4.11. The Labute approximate surface area is 156 Å². The lowest BCUT2D eigenvalue weighted by Gasteiger charge is -2.32. The Kier molecular flexibility index (Phi) is 3.77. The zero-order valence-electron chi connectivity index (χ0n) is 15.2. The van der Waals surface area contributed by atoms with Crippen molar-refractivity contribution in [3.8, 4) is 11.4 Å². The number of amides is 1. The third-order valence-electron chi connectivity index (χ3n) is 5.39. The highest BCUT2D eigenvalue weighted by molar-refractivity contribution is 5.90. The second-order valence-corrected chi connectivity index (χ2v) is 7.26. The lowest BCUT2D eigenvalue weighted by Crippen LogP contribution is -2.41. The SMILES string of the molecule is C[C@H]1CN(C(=O)c2nnc3n2CCCC3)Cc2nnc(-c3ccccc3)n21. The Bertz CT molecular complexity index is 991. The maximum Gasteiger partial charge on any atom is 0.292 e. The monoisotopic (exact) mass is 363 g/mol. The van der Waals surface area contributed by atoms with Crippen LogP contribution in [0.25, 0.3) is 11.4 Å². The second-order valence-electron chi connectivity index (χ2n) is 7.26. The summed E-state index contributed by atoms with van der Waals surface area (Å²) in [6.07, 6.45) is 3.07. The summed E-state index contributed by atoms with van der Waals surface area (Å²) in [5.74, 6) is 2.96. The van der Waals surface area contributed by atoms with Crippen LogP contribution in [0.5, 0.6) is 0 Å². The fraction of sp³-hybridized carbons (Fsp3) is 0.421. The highest BCUT2D eigenvalue weighted by atomic mass is 16.2. The van der Waals surface area contributed by atoms with Crippen LogP contribution < -0.4 is 0 Å². The molecule has 0 aliphatic carbocycles. The molecule has 8 heteroatoms. The molecule has 0 radical (unpaired) electrons. The van der Waals surface area contributed by atoms with Crippen molar-refractivity contribution in [2.45, 2.75) is 45.3 Å². The normalized spacial score (nSPS) is 18.9. The minimum atomic E-state index is -0.0713. The second kappa shape index (κ2) is 6.29. The van der Waals surface area contributed by atoms with Crippen molar-refractivity contribution in [3.63, 3.8) is 0 Å². The summed E-state index contributed by atoms with van der Waals surface area (Å²) in [6, 6.07) is 10.1. The van der Waals surface area contributed by atoms with Crippen molar-refractivity contribution in [3.05, 3.63) is 47.8 Å². The van der Waals surface area contributed by atoms with Gasteiger partial charge in [-0.3, -0.25) is 4.79 Å². The van der Waals surface area contributed by atoms with Crippen LogP contribution in [0.1, 0.15) is 48.1 Å². The van der Waals surface area contributed by atoms with E-state index in [0.29, 0.717) is 18.9 Å². The van der Waals surface area contributed by atoms with E-state index in [0.717, 1.165) is 48.8 Å². The van der Waals surface area contributed by atoms with E-state index in [1.165, 1.54) is 0 Å². The third-order valence-corrected chi connectivity index (χ3v) is 5.39. The van der Waals surface area contributed by atoms with Crippen LogP contribution in [0.2, 0.25) is 0 Å². The van der Waals surface area contributed by atoms with Gasteiger partial charge in [0.1, 0.15) is 5.82 Å². The van der Waals surface area contributed by atoms with Crippen molar-refractivity contribution in [2.75, 3.05) is 6.54 Å². The van der Waals surface area contributed by atoms with E-state index in [2.05, 4.69) is 31.9 Å².